The van der Waals surface area contributed by atoms with Crippen molar-refractivity contribution in [3.63, 3.8) is 0 Å². The van der Waals surface area contributed by atoms with E-state index in [9.17, 15) is 4.39 Å². The van der Waals surface area contributed by atoms with Crippen LogP contribution in [0.4, 0.5) is 10.1 Å². The molecule has 1 aliphatic heterocycles. The maximum Gasteiger partial charge on any atom is 0.124 e. The van der Waals surface area contributed by atoms with Gasteiger partial charge in [0.2, 0.25) is 0 Å². The van der Waals surface area contributed by atoms with Gasteiger partial charge in [0, 0.05) is 22.2 Å². The van der Waals surface area contributed by atoms with E-state index < -0.39 is 0 Å². The molecule has 0 bridgehead atoms. The normalized spacial score (nSPS) is 21.5. The van der Waals surface area contributed by atoms with Crippen LogP contribution in [0, 0.1) is 5.82 Å². The topological polar surface area (TPSA) is 24.1 Å². The van der Waals surface area contributed by atoms with Crippen molar-refractivity contribution in [2.75, 3.05) is 11.9 Å². The summed E-state index contributed by atoms with van der Waals surface area (Å²) in [6.07, 6.45) is 3.64. The number of rotatable bonds is 4. The van der Waals surface area contributed by atoms with Crippen LogP contribution in [0.2, 0.25) is 0 Å². The molecule has 1 heterocycles. The summed E-state index contributed by atoms with van der Waals surface area (Å²) in [5.41, 5.74) is 0.955. The van der Waals surface area contributed by atoms with Gasteiger partial charge in [0.05, 0.1) is 0 Å². The highest BCUT2D eigenvalue weighted by Crippen LogP contribution is 2.24. The fourth-order valence-electron chi connectivity index (χ4n) is 2.32. The van der Waals surface area contributed by atoms with Crippen LogP contribution >= 0.6 is 15.9 Å². The second kappa shape index (κ2) is 5.83. The highest BCUT2D eigenvalue weighted by molar-refractivity contribution is 9.10. The molecule has 0 amide bonds. The van der Waals surface area contributed by atoms with E-state index in [2.05, 4.69) is 33.5 Å². The number of nitrogens with one attached hydrogen (secondary N) is 2. The summed E-state index contributed by atoms with van der Waals surface area (Å²) in [6.45, 7) is 3.30. The molecule has 2 nitrogen and oxygen atoms in total. The van der Waals surface area contributed by atoms with E-state index in [1.165, 1.54) is 25.0 Å². The summed E-state index contributed by atoms with van der Waals surface area (Å²) in [7, 11) is 0. The van der Waals surface area contributed by atoms with Gasteiger partial charge in [-0.25, -0.2) is 4.39 Å². The Morgan fingerprint density at radius 1 is 1.59 bits per heavy atom. The molecule has 1 aromatic carbocycles. The molecule has 17 heavy (non-hydrogen) atoms. The summed E-state index contributed by atoms with van der Waals surface area (Å²) in [6, 6.07) is 5.75. The molecule has 1 fully saturated rings. The van der Waals surface area contributed by atoms with Crippen LogP contribution in [0.25, 0.3) is 0 Å². The Labute approximate surface area is 110 Å². The van der Waals surface area contributed by atoms with E-state index in [0.717, 1.165) is 23.1 Å². The third kappa shape index (κ3) is 3.68. The molecule has 0 aromatic heterocycles. The first-order valence-corrected chi connectivity index (χ1v) is 6.89. The minimum absolute atomic E-state index is 0.215. The summed E-state index contributed by atoms with van der Waals surface area (Å²) < 4.78 is 13.7. The van der Waals surface area contributed by atoms with E-state index >= 15 is 0 Å². The molecule has 0 aliphatic carbocycles. The summed E-state index contributed by atoms with van der Waals surface area (Å²) in [5.74, 6) is -0.215. The van der Waals surface area contributed by atoms with Crippen molar-refractivity contribution < 1.29 is 4.39 Å². The largest absolute Gasteiger partial charge is 0.382 e. The summed E-state index contributed by atoms with van der Waals surface area (Å²) in [4.78, 5) is 0. The van der Waals surface area contributed by atoms with Gasteiger partial charge in [-0.1, -0.05) is 0 Å². The maximum atomic E-state index is 12.9. The number of halogens is 2. The van der Waals surface area contributed by atoms with Crippen LogP contribution in [0.5, 0.6) is 0 Å². The Balaban J connectivity index is 1.90. The molecular formula is C13H18BrFN2. The Morgan fingerprint density at radius 2 is 2.41 bits per heavy atom. The molecule has 2 unspecified atom stereocenters. The number of hydrogen-bond donors (Lipinski definition) is 2. The first kappa shape index (κ1) is 12.8. The average Bonchev–Trinajstić information content (AvgIpc) is 2.75. The summed E-state index contributed by atoms with van der Waals surface area (Å²) >= 11 is 3.37. The van der Waals surface area contributed by atoms with Crippen molar-refractivity contribution in [2.24, 2.45) is 0 Å². The molecule has 1 aliphatic rings. The standard InChI is InChI=1S/C13H18BrFN2/c1-9(7-11-3-2-6-16-11)17-13-5-4-10(15)8-12(13)14/h4-5,8-9,11,16-17H,2-3,6-7H2,1H3. The third-order valence-electron chi connectivity index (χ3n) is 3.13. The lowest BCUT2D eigenvalue weighted by Gasteiger charge is -2.20. The Morgan fingerprint density at radius 3 is 3.06 bits per heavy atom. The van der Waals surface area contributed by atoms with Crippen LogP contribution in [0.15, 0.2) is 22.7 Å². The predicted octanol–water partition coefficient (Wildman–Crippen LogP) is 3.53. The summed E-state index contributed by atoms with van der Waals surface area (Å²) in [5, 5.41) is 6.90. The average molecular weight is 301 g/mol. The van der Waals surface area contributed by atoms with Crippen molar-refractivity contribution in [1.82, 2.24) is 5.32 Å². The van der Waals surface area contributed by atoms with Gasteiger partial charge >= 0.3 is 0 Å². The van der Waals surface area contributed by atoms with Crippen LogP contribution in [0.1, 0.15) is 26.2 Å². The monoisotopic (exact) mass is 300 g/mol. The quantitative estimate of drug-likeness (QED) is 0.889. The zero-order chi connectivity index (χ0) is 12.3. The number of benzene rings is 1. The van der Waals surface area contributed by atoms with E-state index in [1.807, 2.05) is 0 Å². The van der Waals surface area contributed by atoms with E-state index in [0.29, 0.717) is 12.1 Å². The molecule has 2 rings (SSSR count). The lowest BCUT2D eigenvalue weighted by Crippen LogP contribution is -2.29. The number of hydrogen-bond acceptors (Lipinski definition) is 2. The van der Waals surface area contributed by atoms with Crippen LogP contribution < -0.4 is 10.6 Å². The predicted molar refractivity (Wildman–Crippen MR) is 72.8 cm³/mol. The van der Waals surface area contributed by atoms with Crippen molar-refractivity contribution in [2.45, 2.75) is 38.3 Å². The zero-order valence-corrected chi connectivity index (χ0v) is 11.6. The van der Waals surface area contributed by atoms with Gasteiger partial charge in [0.25, 0.3) is 0 Å². The van der Waals surface area contributed by atoms with Gasteiger partial charge < -0.3 is 10.6 Å². The molecule has 0 radical (unpaired) electrons. The molecule has 1 aromatic rings. The van der Waals surface area contributed by atoms with Gasteiger partial charge in [-0.05, 0) is 66.9 Å². The molecule has 0 saturated carbocycles. The van der Waals surface area contributed by atoms with E-state index in [4.69, 9.17) is 0 Å². The lowest BCUT2D eigenvalue weighted by atomic mass is 10.1. The molecular weight excluding hydrogens is 283 g/mol. The van der Waals surface area contributed by atoms with Gasteiger partial charge in [0.1, 0.15) is 5.82 Å². The fraction of sp³-hybridized carbons (Fsp3) is 0.538. The first-order chi connectivity index (χ1) is 8.15. The van der Waals surface area contributed by atoms with Gasteiger partial charge in [-0.3, -0.25) is 0 Å². The Hall–Kier alpha value is -0.610. The van der Waals surface area contributed by atoms with Crippen LogP contribution in [-0.4, -0.2) is 18.6 Å². The number of anilines is 1. The Kier molecular flexibility index (Phi) is 4.40. The molecule has 94 valence electrons. The molecule has 4 heteroatoms. The highest BCUT2D eigenvalue weighted by atomic mass is 79.9. The van der Waals surface area contributed by atoms with Crippen LogP contribution in [-0.2, 0) is 0 Å². The minimum Gasteiger partial charge on any atom is -0.382 e. The smallest absolute Gasteiger partial charge is 0.124 e. The minimum atomic E-state index is -0.215. The van der Waals surface area contributed by atoms with Crippen molar-refractivity contribution in [1.29, 1.82) is 0 Å². The molecule has 2 N–H and O–H groups in total. The third-order valence-corrected chi connectivity index (χ3v) is 3.79. The van der Waals surface area contributed by atoms with E-state index in [1.54, 1.807) is 6.07 Å². The lowest BCUT2D eigenvalue weighted by molar-refractivity contribution is 0.523. The van der Waals surface area contributed by atoms with Crippen LogP contribution in [0.3, 0.4) is 0 Å². The van der Waals surface area contributed by atoms with Gasteiger partial charge in [0.15, 0.2) is 0 Å². The SMILES string of the molecule is CC(CC1CCCN1)Nc1ccc(F)cc1Br. The Bertz CT molecular complexity index is 378. The second-order valence-electron chi connectivity index (χ2n) is 4.70. The maximum absolute atomic E-state index is 12.9. The molecule has 0 spiro atoms. The first-order valence-electron chi connectivity index (χ1n) is 6.10. The fourth-order valence-corrected chi connectivity index (χ4v) is 2.78. The molecule has 1 saturated heterocycles. The highest BCUT2D eigenvalue weighted by Gasteiger charge is 2.17. The molecule has 2 atom stereocenters. The second-order valence-corrected chi connectivity index (χ2v) is 5.55. The van der Waals surface area contributed by atoms with Gasteiger partial charge in [-0.2, -0.15) is 0 Å². The van der Waals surface area contributed by atoms with Crippen molar-refractivity contribution in [3.8, 4) is 0 Å². The van der Waals surface area contributed by atoms with Gasteiger partial charge in [-0.15, -0.1) is 0 Å². The van der Waals surface area contributed by atoms with Crippen molar-refractivity contribution >= 4 is 21.6 Å². The van der Waals surface area contributed by atoms with Crippen molar-refractivity contribution in [3.05, 3.63) is 28.5 Å². The van der Waals surface area contributed by atoms with E-state index in [-0.39, 0.29) is 5.82 Å². The zero-order valence-electron chi connectivity index (χ0n) is 9.97.